The Bertz CT molecular complexity index is 4480. The first-order valence-electron chi connectivity index (χ1n) is 31.6. The molecule has 0 unspecified atom stereocenters. The first-order chi connectivity index (χ1) is 44.3. The van der Waals surface area contributed by atoms with Gasteiger partial charge in [-0.1, -0.05) is 211 Å². The van der Waals surface area contributed by atoms with E-state index >= 15 is 0 Å². The summed E-state index contributed by atoms with van der Waals surface area (Å²) in [6, 6.07) is 71.3. The van der Waals surface area contributed by atoms with Crippen LogP contribution in [0.1, 0.15) is 112 Å². The second-order valence-corrected chi connectivity index (χ2v) is 25.2. The van der Waals surface area contributed by atoms with Crippen molar-refractivity contribution in [1.29, 1.82) is 0 Å². The Morgan fingerprint density at radius 1 is 0.522 bits per heavy atom. The average Bonchev–Trinajstić information content (AvgIpc) is 1.55. The van der Waals surface area contributed by atoms with E-state index in [2.05, 4.69) is 326 Å². The normalized spacial score (nSPS) is 17.3. The fourth-order valence-electron chi connectivity index (χ4n) is 12.9. The molecule has 0 amide bonds. The zero-order valence-electron chi connectivity index (χ0n) is 53.3. The number of nitrogens with zero attached hydrogens (tertiary/aromatic N) is 4. The zero-order chi connectivity index (χ0) is 62.6. The number of hydrogen-bond acceptors (Lipinski definition) is 6. The van der Waals surface area contributed by atoms with E-state index in [1.807, 2.05) is 55.3 Å². The predicted molar refractivity (Wildman–Crippen MR) is 384 cm³/mol. The summed E-state index contributed by atoms with van der Waals surface area (Å²) in [5, 5.41) is 8.71. The maximum Gasteiger partial charge on any atom is 0.182 e. The molecular formula is C82H73B2N6OPt-3. The molecule has 2 N–H and O–H groups in total. The van der Waals surface area contributed by atoms with Gasteiger partial charge in [-0.25, -0.2) is 4.98 Å². The van der Waals surface area contributed by atoms with Crippen molar-refractivity contribution < 1.29 is 25.8 Å². The smallest absolute Gasteiger partial charge is 0.182 e. The Morgan fingerprint density at radius 2 is 1.11 bits per heavy atom. The van der Waals surface area contributed by atoms with Gasteiger partial charge in [0.25, 0.3) is 0 Å². The molecule has 0 spiro atoms. The third-order valence-electron chi connectivity index (χ3n) is 17.6. The number of para-hydroxylation sites is 3. The molecule has 5 heterocycles. The van der Waals surface area contributed by atoms with E-state index in [0.29, 0.717) is 11.5 Å². The van der Waals surface area contributed by atoms with Crippen molar-refractivity contribution in [2.75, 3.05) is 9.80 Å². The van der Waals surface area contributed by atoms with E-state index in [9.17, 15) is 0 Å². The number of allylic oxidation sites excluding steroid dienone is 8. The minimum Gasteiger partial charge on any atom is -0.509 e. The Balaban J connectivity index is 0.00000816. The largest absolute Gasteiger partial charge is 0.509 e. The van der Waals surface area contributed by atoms with Crippen LogP contribution in [0.2, 0.25) is 0 Å². The topological polar surface area (TPSA) is 57.6 Å². The standard InChI is InChI=1S/C82H73B2N6O.Pt/c1-56(2)66-29-21-30-67(57(3)4)79(66)58-49-63(88-55-89(76-36-16-15-35-75(76)88)80-69(72-33-23-46-85-44-19-17-42-83-72)31-22-32-70(80)73-34-24-47-86-45-20-18-43-84-73)53-65(50-58)91-64-38-39-68-71-51-61(81(5,6)7)37-40-74(71)90(77(68)54-64)78-52-62(41-48-87-78)82(8,59-25-11-9-12-26-59)60-27-13-10-14-28-60;/h9-52,55-57,85-86H,1-8H3;/q-3;/b42-17-,43-18-,44-19-,45-20-,46-23-,47-24-,72-33-,73-34-;. The predicted octanol–water partition coefficient (Wildman–Crippen LogP) is 19.9. The number of rotatable bonds is 13. The maximum absolute atomic E-state index is 7.32. The molecule has 456 valence electrons. The van der Waals surface area contributed by atoms with Gasteiger partial charge in [0, 0.05) is 91.6 Å². The number of ether oxygens (including phenoxy) is 1. The summed E-state index contributed by atoms with van der Waals surface area (Å²) in [6.45, 7) is 20.5. The number of fused-ring (bicyclic) bond motifs is 4. The van der Waals surface area contributed by atoms with Gasteiger partial charge in [0.15, 0.2) is 14.6 Å². The van der Waals surface area contributed by atoms with Crippen LogP contribution in [0.3, 0.4) is 0 Å². The summed E-state index contributed by atoms with van der Waals surface area (Å²) in [4.78, 5) is 9.82. The first-order valence-corrected chi connectivity index (χ1v) is 31.6. The molecule has 0 aliphatic carbocycles. The van der Waals surface area contributed by atoms with Gasteiger partial charge in [-0.2, -0.15) is 6.07 Å². The minimum atomic E-state index is -0.488. The van der Waals surface area contributed by atoms with Crippen molar-refractivity contribution in [3.63, 3.8) is 0 Å². The third-order valence-corrected chi connectivity index (χ3v) is 17.6. The molecule has 8 aromatic carbocycles. The van der Waals surface area contributed by atoms with Gasteiger partial charge in [-0.05, 0) is 134 Å². The molecule has 0 fully saturated rings. The Kier molecular flexibility index (Phi) is 18.5. The first kappa shape index (κ1) is 62.6. The van der Waals surface area contributed by atoms with E-state index in [-0.39, 0.29) is 38.3 Å². The summed E-state index contributed by atoms with van der Waals surface area (Å²) in [6.07, 6.45) is 26.2. The molecule has 2 radical (unpaired) electrons. The molecule has 0 saturated carbocycles. The van der Waals surface area contributed by atoms with E-state index in [1.165, 1.54) is 33.4 Å². The SMILES string of the molecule is CC(C)c1cccc(C(C)C)c1-c1cc(Oc2[c-]c3c(cc2)c2cc(C(C)(C)C)ccc2n3-c2cc(C(C)(c3ccccc3)c3ccccc3)ccn2)[c-]c(N2[CH-]N(c3c(/C4=C/C=C\N/C=C\C=C/[B]4)cccc3/C3=C/C=C\N/C=C\C=C/[B]3)c3ccccc32)c1.[Pt]. The summed E-state index contributed by atoms with van der Waals surface area (Å²) in [5.41, 5.74) is 18.9. The minimum absolute atomic E-state index is 0. The van der Waals surface area contributed by atoms with E-state index in [1.54, 1.807) is 0 Å². The van der Waals surface area contributed by atoms with Crippen molar-refractivity contribution in [2.24, 2.45) is 0 Å². The van der Waals surface area contributed by atoms with Gasteiger partial charge in [-0.15, -0.1) is 65.6 Å². The molecule has 0 saturated heterocycles. The van der Waals surface area contributed by atoms with Crippen LogP contribution in [0.5, 0.6) is 11.5 Å². The second kappa shape index (κ2) is 27.1. The van der Waals surface area contributed by atoms with Gasteiger partial charge >= 0.3 is 0 Å². The van der Waals surface area contributed by atoms with E-state index < -0.39 is 5.41 Å². The summed E-state index contributed by atoms with van der Waals surface area (Å²) >= 11 is 0. The summed E-state index contributed by atoms with van der Waals surface area (Å²) in [7, 11) is 4.36. The van der Waals surface area contributed by atoms with Crippen LogP contribution in [0, 0.1) is 18.8 Å². The molecule has 10 aromatic rings. The fraction of sp³-hybridized carbons (Fsp3) is 0.146. The number of pyridine rings is 1. The fourth-order valence-corrected chi connectivity index (χ4v) is 12.9. The molecule has 7 nitrogen and oxygen atoms in total. The quantitative estimate of drug-likeness (QED) is 0.0886. The van der Waals surface area contributed by atoms with Gasteiger partial charge in [0.1, 0.15) is 5.82 Å². The molecule has 2 aromatic heterocycles. The van der Waals surface area contributed by atoms with Crippen molar-refractivity contribution in [3.8, 4) is 28.4 Å². The van der Waals surface area contributed by atoms with Gasteiger partial charge in [0.05, 0.1) is 0 Å². The summed E-state index contributed by atoms with van der Waals surface area (Å²) < 4.78 is 9.58. The molecule has 92 heavy (non-hydrogen) atoms. The van der Waals surface area contributed by atoms with Crippen molar-refractivity contribution >= 4 is 70.1 Å². The number of anilines is 4. The van der Waals surface area contributed by atoms with Crippen LogP contribution in [-0.4, -0.2) is 24.1 Å². The maximum atomic E-state index is 7.32. The molecule has 3 aliphatic heterocycles. The van der Waals surface area contributed by atoms with E-state index in [0.717, 1.165) is 83.6 Å². The average molecular weight is 1380 g/mol. The van der Waals surface area contributed by atoms with Crippen LogP contribution in [0.25, 0.3) is 49.7 Å². The van der Waals surface area contributed by atoms with Gasteiger partial charge in [-0.3, -0.25) is 0 Å². The Hall–Kier alpha value is -9.55. The Morgan fingerprint density at radius 3 is 1.72 bits per heavy atom. The number of aromatic nitrogens is 2. The molecule has 3 aliphatic rings. The molecule has 13 rings (SSSR count). The van der Waals surface area contributed by atoms with Crippen molar-refractivity contribution in [2.45, 2.75) is 78.1 Å². The van der Waals surface area contributed by atoms with Crippen LogP contribution < -0.4 is 25.2 Å². The monoisotopic (exact) mass is 1370 g/mol. The second-order valence-electron chi connectivity index (χ2n) is 25.2. The Labute approximate surface area is 559 Å². The van der Waals surface area contributed by atoms with Crippen LogP contribution in [-0.2, 0) is 31.9 Å². The molecular weight excluding hydrogens is 1300 g/mol. The summed E-state index contributed by atoms with van der Waals surface area (Å²) in [5.74, 6) is 6.58. The van der Waals surface area contributed by atoms with E-state index in [4.69, 9.17) is 9.72 Å². The zero-order valence-corrected chi connectivity index (χ0v) is 55.6. The molecule has 0 atom stereocenters. The third kappa shape index (κ3) is 12.5. The van der Waals surface area contributed by atoms with Gasteiger partial charge < -0.3 is 29.7 Å². The molecule has 10 heteroatoms. The molecule has 0 bridgehead atoms. The van der Waals surface area contributed by atoms with Crippen molar-refractivity contribution in [1.82, 2.24) is 20.2 Å². The van der Waals surface area contributed by atoms with Crippen LogP contribution >= 0.6 is 0 Å². The number of nitrogens with one attached hydrogen (secondary N) is 2. The van der Waals surface area contributed by atoms with Gasteiger partial charge in [0.2, 0.25) is 0 Å². The van der Waals surface area contributed by atoms with Crippen LogP contribution in [0.4, 0.5) is 22.7 Å². The number of hydrogen-bond donors (Lipinski definition) is 2. The number of benzene rings is 8. The van der Waals surface area contributed by atoms with Crippen LogP contribution in [0.15, 0.2) is 267 Å². The van der Waals surface area contributed by atoms with Crippen molar-refractivity contribution in [3.05, 3.63) is 331 Å².